The lowest BCUT2D eigenvalue weighted by molar-refractivity contribution is 0.185. The summed E-state index contributed by atoms with van der Waals surface area (Å²) in [4.78, 5) is 0. The first-order chi connectivity index (χ1) is 11.0. The molecular weight excluding hydrogens is 296 g/mol. The largest absolute Gasteiger partial charge is 0.380 e. The Morgan fingerprint density at radius 3 is 1.13 bits per heavy atom. The quantitative estimate of drug-likeness (QED) is 0.505. The average Bonchev–Trinajstić information content (AvgIpc) is 2.83. The zero-order valence-corrected chi connectivity index (χ0v) is 15.0. The predicted molar refractivity (Wildman–Crippen MR) is 86.4 cm³/mol. The van der Waals surface area contributed by atoms with Crippen LogP contribution >= 0.6 is 0 Å². The SMILES string of the molecule is COCC1=C(COC)C2C(COC)=C(COC)C1C21OC1(C)C. The molecule has 23 heavy (non-hydrogen) atoms. The minimum absolute atomic E-state index is 0.161. The van der Waals surface area contributed by atoms with E-state index >= 15 is 0 Å². The van der Waals surface area contributed by atoms with Crippen molar-refractivity contribution in [2.75, 3.05) is 54.9 Å². The van der Waals surface area contributed by atoms with E-state index in [1.54, 1.807) is 28.4 Å². The maximum absolute atomic E-state index is 6.34. The van der Waals surface area contributed by atoms with Crippen LogP contribution in [0.5, 0.6) is 0 Å². The molecule has 3 aliphatic rings. The van der Waals surface area contributed by atoms with Gasteiger partial charge in [-0.2, -0.15) is 0 Å². The molecule has 0 amide bonds. The fourth-order valence-electron chi connectivity index (χ4n) is 4.90. The van der Waals surface area contributed by atoms with Crippen LogP contribution in [-0.2, 0) is 23.7 Å². The van der Waals surface area contributed by atoms with Gasteiger partial charge in [-0.25, -0.2) is 0 Å². The van der Waals surface area contributed by atoms with Crippen LogP contribution < -0.4 is 0 Å². The fraction of sp³-hybridized carbons (Fsp3) is 0.778. The molecule has 0 atom stereocenters. The van der Waals surface area contributed by atoms with Crippen molar-refractivity contribution in [3.63, 3.8) is 0 Å². The van der Waals surface area contributed by atoms with E-state index in [1.807, 2.05) is 0 Å². The highest BCUT2D eigenvalue weighted by Crippen LogP contribution is 2.72. The van der Waals surface area contributed by atoms with Crippen LogP contribution in [0.15, 0.2) is 22.3 Å². The first-order valence-corrected chi connectivity index (χ1v) is 8.09. The van der Waals surface area contributed by atoms with Crippen molar-refractivity contribution in [1.82, 2.24) is 0 Å². The first kappa shape index (κ1) is 17.1. The molecule has 2 aliphatic carbocycles. The molecule has 0 saturated carbocycles. The molecule has 5 nitrogen and oxygen atoms in total. The molecule has 0 aromatic carbocycles. The van der Waals surface area contributed by atoms with Crippen molar-refractivity contribution in [1.29, 1.82) is 0 Å². The molecule has 1 fully saturated rings. The Morgan fingerprint density at radius 2 is 0.957 bits per heavy atom. The Kier molecular flexibility index (Phi) is 4.44. The summed E-state index contributed by atoms with van der Waals surface area (Å²) < 4.78 is 28.3. The zero-order chi connectivity index (χ0) is 16.8. The predicted octanol–water partition coefficient (Wildman–Crippen LogP) is 1.97. The van der Waals surface area contributed by atoms with Gasteiger partial charge in [0, 0.05) is 40.3 Å². The second kappa shape index (κ2) is 5.97. The van der Waals surface area contributed by atoms with Crippen LogP contribution in [0, 0.1) is 11.8 Å². The average molecular weight is 324 g/mol. The second-order valence-corrected chi connectivity index (χ2v) is 7.10. The van der Waals surface area contributed by atoms with Gasteiger partial charge in [-0.1, -0.05) is 0 Å². The zero-order valence-electron chi connectivity index (χ0n) is 15.0. The molecule has 130 valence electrons. The summed E-state index contributed by atoms with van der Waals surface area (Å²) in [6.45, 7) is 6.77. The van der Waals surface area contributed by atoms with E-state index in [0.29, 0.717) is 26.4 Å². The fourth-order valence-corrected chi connectivity index (χ4v) is 4.90. The molecule has 1 aliphatic heterocycles. The summed E-state index contributed by atoms with van der Waals surface area (Å²) in [6, 6.07) is 0. The van der Waals surface area contributed by atoms with Gasteiger partial charge < -0.3 is 23.7 Å². The molecule has 3 rings (SSSR count). The summed E-state index contributed by atoms with van der Waals surface area (Å²) in [5.41, 5.74) is 4.84. The van der Waals surface area contributed by atoms with Crippen molar-refractivity contribution in [2.45, 2.75) is 25.0 Å². The Balaban J connectivity index is 2.08. The van der Waals surface area contributed by atoms with Crippen LogP contribution in [0.1, 0.15) is 13.8 Å². The van der Waals surface area contributed by atoms with Gasteiger partial charge in [-0.15, -0.1) is 0 Å². The van der Waals surface area contributed by atoms with Crippen LogP contribution in [0.4, 0.5) is 0 Å². The van der Waals surface area contributed by atoms with Gasteiger partial charge in [-0.05, 0) is 36.1 Å². The third kappa shape index (κ3) is 2.18. The minimum Gasteiger partial charge on any atom is -0.380 e. The van der Waals surface area contributed by atoms with Gasteiger partial charge in [-0.3, -0.25) is 0 Å². The molecule has 1 saturated heterocycles. The molecule has 0 aromatic heterocycles. The summed E-state index contributed by atoms with van der Waals surface area (Å²) in [5, 5.41) is 0. The van der Waals surface area contributed by atoms with Crippen molar-refractivity contribution in [2.24, 2.45) is 11.8 Å². The van der Waals surface area contributed by atoms with Crippen molar-refractivity contribution >= 4 is 0 Å². The first-order valence-electron chi connectivity index (χ1n) is 8.09. The topological polar surface area (TPSA) is 49.5 Å². The lowest BCUT2D eigenvalue weighted by Crippen LogP contribution is -2.32. The van der Waals surface area contributed by atoms with Crippen molar-refractivity contribution in [3.8, 4) is 0 Å². The van der Waals surface area contributed by atoms with Crippen LogP contribution in [-0.4, -0.2) is 66.1 Å². The van der Waals surface area contributed by atoms with Crippen LogP contribution in [0.25, 0.3) is 0 Å². The van der Waals surface area contributed by atoms with Gasteiger partial charge in [0.2, 0.25) is 0 Å². The van der Waals surface area contributed by atoms with Crippen molar-refractivity contribution < 1.29 is 23.7 Å². The number of epoxide rings is 1. The van der Waals surface area contributed by atoms with E-state index in [-0.39, 0.29) is 23.0 Å². The van der Waals surface area contributed by atoms with Crippen LogP contribution in [0.2, 0.25) is 0 Å². The minimum atomic E-state index is -0.212. The van der Waals surface area contributed by atoms with Crippen LogP contribution in [0.3, 0.4) is 0 Å². The highest BCUT2D eigenvalue weighted by molar-refractivity contribution is 5.58. The monoisotopic (exact) mass is 324 g/mol. The normalized spacial score (nSPS) is 34.2. The molecule has 2 bridgehead atoms. The molecule has 1 heterocycles. The van der Waals surface area contributed by atoms with E-state index in [1.165, 1.54) is 22.3 Å². The molecule has 0 unspecified atom stereocenters. The summed E-state index contributed by atoms with van der Waals surface area (Å²) in [5.74, 6) is 0.412. The Bertz CT molecular complexity index is 476. The Hall–Kier alpha value is -0.720. The molecule has 0 aromatic rings. The number of rotatable bonds is 8. The van der Waals surface area contributed by atoms with E-state index in [2.05, 4.69) is 13.8 Å². The third-order valence-corrected chi connectivity index (χ3v) is 5.60. The molecular formula is C18H28O5. The summed E-state index contributed by atoms with van der Waals surface area (Å²) >= 11 is 0. The van der Waals surface area contributed by atoms with Gasteiger partial charge in [0.05, 0.1) is 32.0 Å². The number of ether oxygens (including phenoxy) is 5. The smallest absolute Gasteiger partial charge is 0.118 e. The van der Waals surface area contributed by atoms with E-state index in [9.17, 15) is 0 Å². The number of methoxy groups -OCH3 is 4. The summed E-state index contributed by atoms with van der Waals surface area (Å²) in [7, 11) is 6.96. The molecule has 1 spiro atoms. The lowest BCUT2D eigenvalue weighted by atomic mass is 9.80. The second-order valence-electron chi connectivity index (χ2n) is 7.10. The van der Waals surface area contributed by atoms with E-state index in [4.69, 9.17) is 23.7 Å². The highest BCUT2D eigenvalue weighted by atomic mass is 16.6. The van der Waals surface area contributed by atoms with Gasteiger partial charge >= 0.3 is 0 Å². The maximum Gasteiger partial charge on any atom is 0.118 e. The highest BCUT2D eigenvalue weighted by Gasteiger charge is 2.79. The molecule has 0 radical (unpaired) electrons. The number of hydrogen-bond acceptors (Lipinski definition) is 5. The van der Waals surface area contributed by atoms with Gasteiger partial charge in [0.1, 0.15) is 5.60 Å². The van der Waals surface area contributed by atoms with E-state index in [0.717, 1.165) is 0 Å². The Labute approximate surface area is 138 Å². The standard InChI is InChI=1S/C18H28O5/c1-17(2)18(23-17)15-11(7-19-3)12(8-20-4)16(18)14(10-22-6)13(15)9-21-5/h15-16H,7-10H2,1-6H3. The Morgan fingerprint density at radius 1 is 0.696 bits per heavy atom. The summed E-state index contributed by atoms with van der Waals surface area (Å²) in [6.07, 6.45) is 0. The van der Waals surface area contributed by atoms with Gasteiger partial charge in [0.25, 0.3) is 0 Å². The molecule has 5 heteroatoms. The van der Waals surface area contributed by atoms with E-state index < -0.39 is 0 Å². The molecule has 0 N–H and O–H groups in total. The number of hydrogen-bond donors (Lipinski definition) is 0. The maximum atomic E-state index is 6.34. The lowest BCUT2D eigenvalue weighted by Gasteiger charge is -2.24. The van der Waals surface area contributed by atoms with Gasteiger partial charge in [0.15, 0.2) is 0 Å². The third-order valence-electron chi connectivity index (χ3n) is 5.60. The van der Waals surface area contributed by atoms with Crippen molar-refractivity contribution in [3.05, 3.63) is 22.3 Å².